The molecule has 0 amide bonds. The van der Waals surface area contributed by atoms with Crippen LogP contribution in [-0.2, 0) is 15.3 Å². The molecule has 0 saturated carbocycles. The summed E-state index contributed by atoms with van der Waals surface area (Å²) in [5.74, 6) is -1.93. The largest absolute Gasteiger partial charge is 0.343 e. The molecule has 94 valence electrons. The van der Waals surface area contributed by atoms with Gasteiger partial charge in [-0.3, -0.25) is 0 Å². The number of halogens is 3. The van der Waals surface area contributed by atoms with Crippen LogP contribution in [0.5, 0.6) is 0 Å². The lowest BCUT2D eigenvalue weighted by Gasteiger charge is -2.28. The van der Waals surface area contributed by atoms with E-state index >= 15 is 0 Å². The molecule has 0 aliphatic carbocycles. The summed E-state index contributed by atoms with van der Waals surface area (Å²) in [6, 6.07) is 3.40. The second-order valence-corrected chi connectivity index (χ2v) is 4.24. The van der Waals surface area contributed by atoms with Crippen LogP contribution in [0.2, 0.25) is 0 Å². The first kappa shape index (κ1) is 12.7. The number of ether oxygens (including phenoxy) is 2. The first-order chi connectivity index (χ1) is 8.18. The Labute approximate surface area is 103 Å². The molecule has 1 saturated heterocycles. The minimum Gasteiger partial charge on any atom is -0.343 e. The maximum Gasteiger partial charge on any atom is 0.197 e. The third-order valence-electron chi connectivity index (χ3n) is 2.73. The van der Waals surface area contributed by atoms with E-state index in [1.165, 1.54) is 12.1 Å². The van der Waals surface area contributed by atoms with Crippen molar-refractivity contribution < 1.29 is 18.3 Å². The molecule has 1 aliphatic rings. The van der Waals surface area contributed by atoms with Crippen LogP contribution in [0.4, 0.5) is 8.78 Å². The fraction of sp³-hybridized carbons (Fsp3) is 0.500. The summed E-state index contributed by atoms with van der Waals surface area (Å²) in [6.07, 6.45) is 1.09. The minimum absolute atomic E-state index is 0.238. The van der Waals surface area contributed by atoms with Crippen LogP contribution in [0.1, 0.15) is 18.4 Å². The number of benzene rings is 1. The molecule has 1 aliphatic heterocycles. The fourth-order valence-corrected chi connectivity index (χ4v) is 2.12. The van der Waals surface area contributed by atoms with Crippen LogP contribution in [0.25, 0.3) is 0 Å². The van der Waals surface area contributed by atoms with Crippen LogP contribution in [0.3, 0.4) is 0 Å². The minimum atomic E-state index is -1.10. The van der Waals surface area contributed by atoms with E-state index in [4.69, 9.17) is 21.1 Å². The quantitative estimate of drug-likeness (QED) is 0.776. The van der Waals surface area contributed by atoms with Crippen LogP contribution in [0.15, 0.2) is 18.2 Å². The number of hydrogen-bond acceptors (Lipinski definition) is 2. The smallest absolute Gasteiger partial charge is 0.197 e. The topological polar surface area (TPSA) is 18.5 Å². The van der Waals surface area contributed by atoms with Crippen LogP contribution in [0, 0.1) is 11.6 Å². The first-order valence-electron chi connectivity index (χ1n) is 5.47. The number of rotatable bonds is 4. The first-order valence-corrected chi connectivity index (χ1v) is 6.01. The standard InChI is InChI=1S/C12H13ClF2O2/c13-5-1-4-12(16-6-7-17-12)10-3-2-9(14)8-11(10)15/h2-3,8H,1,4-7H2. The van der Waals surface area contributed by atoms with Gasteiger partial charge in [0.2, 0.25) is 0 Å². The van der Waals surface area contributed by atoms with Crippen LogP contribution in [-0.4, -0.2) is 19.1 Å². The Balaban J connectivity index is 2.31. The van der Waals surface area contributed by atoms with Gasteiger partial charge in [-0.15, -0.1) is 11.6 Å². The maximum atomic E-state index is 13.7. The van der Waals surface area contributed by atoms with Gasteiger partial charge in [-0.2, -0.15) is 0 Å². The molecule has 0 radical (unpaired) electrons. The molecule has 1 aromatic rings. The van der Waals surface area contributed by atoms with Crippen molar-refractivity contribution in [2.24, 2.45) is 0 Å². The van der Waals surface area contributed by atoms with Gasteiger partial charge < -0.3 is 9.47 Å². The normalized spacial score (nSPS) is 18.5. The highest BCUT2D eigenvalue weighted by Gasteiger charge is 2.40. The molecule has 17 heavy (non-hydrogen) atoms. The second kappa shape index (κ2) is 5.29. The van der Waals surface area contributed by atoms with Crippen molar-refractivity contribution in [1.82, 2.24) is 0 Å². The average Bonchev–Trinajstić information content (AvgIpc) is 2.76. The molecule has 1 heterocycles. The van der Waals surface area contributed by atoms with Gasteiger partial charge in [0.05, 0.1) is 13.2 Å². The fourth-order valence-electron chi connectivity index (χ4n) is 1.99. The zero-order chi connectivity index (χ0) is 12.3. The van der Waals surface area contributed by atoms with Gasteiger partial charge >= 0.3 is 0 Å². The third-order valence-corrected chi connectivity index (χ3v) is 3.00. The van der Waals surface area contributed by atoms with Crippen LogP contribution >= 0.6 is 11.6 Å². The summed E-state index contributed by atoms with van der Waals surface area (Å²) in [5.41, 5.74) is 0.238. The van der Waals surface area contributed by atoms with Crippen molar-refractivity contribution in [1.29, 1.82) is 0 Å². The van der Waals surface area contributed by atoms with Gasteiger partial charge in [0.1, 0.15) is 11.6 Å². The average molecular weight is 263 g/mol. The summed E-state index contributed by atoms with van der Waals surface area (Å²) in [5, 5.41) is 0. The molecule has 5 heteroatoms. The Kier molecular flexibility index (Phi) is 3.97. The van der Waals surface area contributed by atoms with Crippen molar-refractivity contribution in [3.63, 3.8) is 0 Å². The lowest BCUT2D eigenvalue weighted by atomic mass is 10.0. The van der Waals surface area contributed by atoms with Gasteiger partial charge in [0.25, 0.3) is 0 Å². The molecule has 0 atom stereocenters. The van der Waals surface area contributed by atoms with Crippen molar-refractivity contribution in [3.05, 3.63) is 35.4 Å². The lowest BCUT2D eigenvalue weighted by Crippen LogP contribution is -2.28. The molecule has 0 spiro atoms. The monoisotopic (exact) mass is 262 g/mol. The molecule has 2 nitrogen and oxygen atoms in total. The second-order valence-electron chi connectivity index (χ2n) is 3.87. The van der Waals surface area contributed by atoms with Gasteiger partial charge in [-0.25, -0.2) is 8.78 Å². The van der Waals surface area contributed by atoms with Gasteiger partial charge in [0.15, 0.2) is 5.79 Å². The van der Waals surface area contributed by atoms with E-state index in [0.29, 0.717) is 31.9 Å². The van der Waals surface area contributed by atoms with Gasteiger partial charge in [0, 0.05) is 23.9 Å². The Morgan fingerprint density at radius 1 is 1.24 bits per heavy atom. The van der Waals surface area contributed by atoms with E-state index in [9.17, 15) is 8.78 Å². The number of hydrogen-bond donors (Lipinski definition) is 0. The molecule has 0 bridgehead atoms. The van der Waals surface area contributed by atoms with E-state index < -0.39 is 17.4 Å². The Bertz CT molecular complexity index is 392. The van der Waals surface area contributed by atoms with E-state index in [1.807, 2.05) is 0 Å². The number of alkyl halides is 1. The van der Waals surface area contributed by atoms with E-state index in [1.54, 1.807) is 0 Å². The highest BCUT2D eigenvalue weighted by molar-refractivity contribution is 6.17. The summed E-state index contributed by atoms with van der Waals surface area (Å²) < 4.78 is 37.6. The molecule has 2 rings (SSSR count). The van der Waals surface area contributed by atoms with Gasteiger partial charge in [-0.1, -0.05) is 0 Å². The molecular weight excluding hydrogens is 250 g/mol. The van der Waals surface area contributed by atoms with E-state index in [0.717, 1.165) is 6.07 Å². The Morgan fingerprint density at radius 2 is 1.94 bits per heavy atom. The molecule has 1 fully saturated rings. The van der Waals surface area contributed by atoms with Crippen LogP contribution < -0.4 is 0 Å². The van der Waals surface area contributed by atoms with Crippen molar-refractivity contribution in [2.45, 2.75) is 18.6 Å². The summed E-state index contributed by atoms with van der Waals surface area (Å²) in [7, 11) is 0. The molecule has 0 N–H and O–H groups in total. The highest BCUT2D eigenvalue weighted by atomic mass is 35.5. The zero-order valence-electron chi connectivity index (χ0n) is 9.22. The molecular formula is C12H13ClF2O2. The summed E-state index contributed by atoms with van der Waals surface area (Å²) in [6.45, 7) is 0.804. The molecule has 0 aromatic heterocycles. The lowest BCUT2D eigenvalue weighted by molar-refractivity contribution is -0.172. The zero-order valence-corrected chi connectivity index (χ0v) is 9.97. The maximum absolute atomic E-state index is 13.7. The van der Waals surface area contributed by atoms with Crippen molar-refractivity contribution >= 4 is 11.6 Å². The van der Waals surface area contributed by atoms with Gasteiger partial charge in [-0.05, 0) is 18.6 Å². The SMILES string of the molecule is Fc1ccc(C2(CCCCl)OCCO2)c(F)c1. The summed E-state index contributed by atoms with van der Waals surface area (Å²) >= 11 is 5.63. The van der Waals surface area contributed by atoms with Crippen molar-refractivity contribution in [3.8, 4) is 0 Å². The third kappa shape index (κ3) is 2.59. The van der Waals surface area contributed by atoms with E-state index in [2.05, 4.69) is 0 Å². The summed E-state index contributed by atoms with van der Waals surface area (Å²) in [4.78, 5) is 0. The predicted molar refractivity (Wildman–Crippen MR) is 59.9 cm³/mol. The van der Waals surface area contributed by atoms with Crippen molar-refractivity contribution in [2.75, 3.05) is 19.1 Å². The Hall–Kier alpha value is -0.710. The predicted octanol–water partition coefficient (Wildman–Crippen LogP) is 3.18. The Morgan fingerprint density at radius 3 is 2.53 bits per heavy atom. The highest BCUT2D eigenvalue weighted by Crippen LogP contribution is 2.37. The molecule has 1 aromatic carbocycles. The molecule has 0 unspecified atom stereocenters. The van der Waals surface area contributed by atoms with E-state index in [-0.39, 0.29) is 5.56 Å².